The summed E-state index contributed by atoms with van der Waals surface area (Å²) in [5.74, 6) is -1.89. The fourth-order valence-corrected chi connectivity index (χ4v) is 1.54. The minimum absolute atomic E-state index is 0.216. The summed E-state index contributed by atoms with van der Waals surface area (Å²) in [6, 6.07) is 7.26. The molecular formula is C16H19NO5. The number of aryl methyl sites for hydroxylation is 1. The Morgan fingerprint density at radius 1 is 1.18 bits per heavy atom. The van der Waals surface area contributed by atoms with Crippen molar-refractivity contribution in [2.75, 3.05) is 11.9 Å². The number of anilines is 1. The van der Waals surface area contributed by atoms with Crippen molar-refractivity contribution < 1.29 is 23.9 Å². The molecule has 1 rings (SSSR count). The standard InChI is InChI=1S/C16H19NO5/c1-4-21-14(18)9-10-15(19)22-12(3)16(20)17-13-8-6-5-7-11(13)2/h5-10,12H,4H2,1-3H3,(H,17,20). The predicted octanol–water partition coefficient (Wildman–Crippen LogP) is 1.98. The molecule has 0 spiro atoms. The Bertz CT molecular complexity index is 580. The van der Waals surface area contributed by atoms with Crippen LogP contribution in [0, 0.1) is 6.92 Å². The minimum atomic E-state index is -0.987. The lowest BCUT2D eigenvalue weighted by Gasteiger charge is -2.13. The van der Waals surface area contributed by atoms with Gasteiger partial charge in [-0.3, -0.25) is 4.79 Å². The van der Waals surface area contributed by atoms with Crippen LogP contribution in [0.4, 0.5) is 5.69 Å². The van der Waals surface area contributed by atoms with Gasteiger partial charge in [0.15, 0.2) is 6.10 Å². The molecule has 0 aliphatic heterocycles. The van der Waals surface area contributed by atoms with Crippen LogP contribution >= 0.6 is 0 Å². The lowest BCUT2D eigenvalue weighted by molar-refractivity contribution is -0.148. The molecule has 1 N–H and O–H groups in total. The molecule has 1 unspecified atom stereocenters. The van der Waals surface area contributed by atoms with Crippen LogP contribution in [0.5, 0.6) is 0 Å². The van der Waals surface area contributed by atoms with E-state index in [2.05, 4.69) is 10.1 Å². The van der Waals surface area contributed by atoms with E-state index in [0.29, 0.717) is 5.69 Å². The van der Waals surface area contributed by atoms with Gasteiger partial charge in [-0.2, -0.15) is 0 Å². The van der Waals surface area contributed by atoms with Gasteiger partial charge in [-0.15, -0.1) is 0 Å². The summed E-state index contributed by atoms with van der Waals surface area (Å²) in [7, 11) is 0. The third-order valence-corrected chi connectivity index (χ3v) is 2.71. The molecule has 0 heterocycles. The average Bonchev–Trinajstić information content (AvgIpc) is 2.47. The van der Waals surface area contributed by atoms with E-state index in [-0.39, 0.29) is 6.61 Å². The van der Waals surface area contributed by atoms with Crippen LogP contribution < -0.4 is 5.32 Å². The maximum atomic E-state index is 11.9. The number of ether oxygens (including phenoxy) is 2. The summed E-state index contributed by atoms with van der Waals surface area (Å²) in [4.78, 5) is 34.5. The van der Waals surface area contributed by atoms with Crippen LogP contribution in [0.25, 0.3) is 0 Å². The number of benzene rings is 1. The monoisotopic (exact) mass is 305 g/mol. The molecule has 6 nitrogen and oxygen atoms in total. The van der Waals surface area contributed by atoms with Crippen molar-refractivity contribution in [3.8, 4) is 0 Å². The smallest absolute Gasteiger partial charge is 0.331 e. The Labute approximate surface area is 129 Å². The van der Waals surface area contributed by atoms with Gasteiger partial charge in [0.25, 0.3) is 5.91 Å². The van der Waals surface area contributed by atoms with Crippen LogP contribution in [0.2, 0.25) is 0 Å². The van der Waals surface area contributed by atoms with Crippen LogP contribution in [0.15, 0.2) is 36.4 Å². The molecule has 118 valence electrons. The first-order valence-electron chi connectivity index (χ1n) is 6.86. The van der Waals surface area contributed by atoms with Crippen LogP contribution in [0.1, 0.15) is 19.4 Å². The van der Waals surface area contributed by atoms with Gasteiger partial charge in [-0.05, 0) is 32.4 Å². The van der Waals surface area contributed by atoms with Gasteiger partial charge in [0.2, 0.25) is 0 Å². The molecule has 6 heteroatoms. The van der Waals surface area contributed by atoms with E-state index in [1.165, 1.54) is 6.92 Å². The Morgan fingerprint density at radius 3 is 2.45 bits per heavy atom. The Hall–Kier alpha value is -2.63. The summed E-state index contributed by atoms with van der Waals surface area (Å²) in [6.07, 6.45) is 0.895. The highest BCUT2D eigenvalue weighted by Crippen LogP contribution is 2.13. The number of hydrogen-bond acceptors (Lipinski definition) is 5. The molecular weight excluding hydrogens is 286 g/mol. The summed E-state index contributed by atoms with van der Waals surface area (Å²) in [5.41, 5.74) is 1.55. The molecule has 1 aromatic rings. The third-order valence-electron chi connectivity index (χ3n) is 2.71. The summed E-state index contributed by atoms with van der Waals surface area (Å²) >= 11 is 0. The molecule has 0 saturated carbocycles. The van der Waals surface area contributed by atoms with Crippen molar-refractivity contribution in [2.45, 2.75) is 26.9 Å². The maximum absolute atomic E-state index is 11.9. The molecule has 0 aliphatic rings. The molecule has 0 fully saturated rings. The maximum Gasteiger partial charge on any atom is 0.331 e. The number of esters is 2. The first-order valence-corrected chi connectivity index (χ1v) is 6.86. The van der Waals surface area contributed by atoms with Gasteiger partial charge < -0.3 is 14.8 Å². The highest BCUT2D eigenvalue weighted by Gasteiger charge is 2.17. The lowest BCUT2D eigenvalue weighted by atomic mass is 10.2. The normalized spacial score (nSPS) is 11.8. The van der Waals surface area contributed by atoms with E-state index in [1.54, 1.807) is 19.1 Å². The van der Waals surface area contributed by atoms with E-state index < -0.39 is 23.9 Å². The molecule has 1 aromatic carbocycles. The molecule has 22 heavy (non-hydrogen) atoms. The van der Waals surface area contributed by atoms with E-state index in [1.807, 2.05) is 19.1 Å². The number of carbonyl (C=O) groups excluding carboxylic acids is 3. The minimum Gasteiger partial charge on any atom is -0.463 e. The zero-order valence-electron chi connectivity index (χ0n) is 12.8. The Morgan fingerprint density at radius 2 is 1.82 bits per heavy atom. The van der Waals surface area contributed by atoms with E-state index >= 15 is 0 Å². The second kappa shape index (κ2) is 8.61. The quantitative estimate of drug-likeness (QED) is 0.642. The van der Waals surface area contributed by atoms with Crippen LogP contribution in [-0.4, -0.2) is 30.6 Å². The fourth-order valence-electron chi connectivity index (χ4n) is 1.54. The summed E-state index contributed by atoms with van der Waals surface area (Å²) in [5, 5.41) is 2.67. The van der Waals surface area contributed by atoms with Crippen molar-refractivity contribution in [3.63, 3.8) is 0 Å². The molecule has 0 bridgehead atoms. The van der Waals surface area contributed by atoms with Gasteiger partial charge in [-0.25, -0.2) is 9.59 Å². The number of para-hydroxylation sites is 1. The SMILES string of the molecule is CCOC(=O)C=CC(=O)OC(C)C(=O)Nc1ccccc1C. The zero-order chi connectivity index (χ0) is 16.5. The molecule has 1 atom stereocenters. The third kappa shape index (κ3) is 5.78. The van der Waals surface area contributed by atoms with Crippen molar-refractivity contribution in [3.05, 3.63) is 42.0 Å². The number of amides is 1. The van der Waals surface area contributed by atoms with Crippen LogP contribution in [-0.2, 0) is 23.9 Å². The topological polar surface area (TPSA) is 81.7 Å². The molecule has 0 saturated heterocycles. The lowest BCUT2D eigenvalue weighted by Crippen LogP contribution is -2.29. The van der Waals surface area contributed by atoms with Crippen LogP contribution in [0.3, 0.4) is 0 Å². The highest BCUT2D eigenvalue weighted by atomic mass is 16.5. The Kier molecular flexibility index (Phi) is 6.82. The van der Waals surface area contributed by atoms with E-state index in [4.69, 9.17) is 4.74 Å². The second-order valence-corrected chi connectivity index (χ2v) is 4.47. The number of rotatable bonds is 6. The van der Waals surface area contributed by atoms with Gasteiger partial charge in [0.05, 0.1) is 6.61 Å². The fraction of sp³-hybridized carbons (Fsp3) is 0.312. The van der Waals surface area contributed by atoms with E-state index in [0.717, 1.165) is 17.7 Å². The van der Waals surface area contributed by atoms with Crippen molar-refractivity contribution in [1.82, 2.24) is 0 Å². The number of hydrogen-bond donors (Lipinski definition) is 1. The summed E-state index contributed by atoms with van der Waals surface area (Å²) < 4.78 is 9.53. The Balaban J connectivity index is 2.52. The van der Waals surface area contributed by atoms with Gasteiger partial charge in [0.1, 0.15) is 0 Å². The molecule has 0 aromatic heterocycles. The van der Waals surface area contributed by atoms with Crippen molar-refractivity contribution >= 4 is 23.5 Å². The first-order chi connectivity index (χ1) is 10.4. The molecule has 0 aliphatic carbocycles. The first kappa shape index (κ1) is 17.4. The van der Waals surface area contributed by atoms with E-state index in [9.17, 15) is 14.4 Å². The summed E-state index contributed by atoms with van der Waals surface area (Å²) in [6.45, 7) is 5.17. The van der Waals surface area contributed by atoms with Crippen molar-refractivity contribution in [2.24, 2.45) is 0 Å². The van der Waals surface area contributed by atoms with Gasteiger partial charge >= 0.3 is 11.9 Å². The zero-order valence-corrected chi connectivity index (χ0v) is 12.8. The van der Waals surface area contributed by atoms with Crippen molar-refractivity contribution in [1.29, 1.82) is 0 Å². The van der Waals surface area contributed by atoms with Gasteiger partial charge in [0, 0.05) is 17.8 Å². The molecule has 0 radical (unpaired) electrons. The number of carbonyl (C=O) groups is 3. The molecule has 1 amide bonds. The second-order valence-electron chi connectivity index (χ2n) is 4.47. The largest absolute Gasteiger partial charge is 0.463 e. The highest BCUT2D eigenvalue weighted by molar-refractivity contribution is 5.97. The average molecular weight is 305 g/mol. The van der Waals surface area contributed by atoms with Gasteiger partial charge in [-0.1, -0.05) is 18.2 Å². The predicted molar refractivity (Wildman–Crippen MR) is 81.1 cm³/mol. The number of nitrogens with one attached hydrogen (secondary N) is 1.